The first-order chi connectivity index (χ1) is 14.3. The molecule has 2 aromatic carbocycles. The number of hydrogen-bond donors (Lipinski definition) is 2. The number of nitrogens with zero attached hydrogens (tertiary/aromatic N) is 1. The SMILES string of the molecule is O=C(Nc1c(F)c(F)c(-c2ccc(F)cc2)c(F)c1F)c1c(=O)[nH]n2ccccc12. The summed E-state index contributed by atoms with van der Waals surface area (Å²) in [6, 6.07) is 8.08. The van der Waals surface area contributed by atoms with E-state index in [0.717, 1.165) is 24.3 Å². The van der Waals surface area contributed by atoms with Gasteiger partial charge in [0.25, 0.3) is 11.5 Å². The number of halogens is 5. The highest BCUT2D eigenvalue weighted by atomic mass is 19.2. The summed E-state index contributed by atoms with van der Waals surface area (Å²) in [5.41, 5.74) is -4.05. The predicted molar refractivity (Wildman–Crippen MR) is 97.6 cm³/mol. The van der Waals surface area contributed by atoms with Crippen LogP contribution in [0.25, 0.3) is 16.6 Å². The molecule has 152 valence electrons. The number of pyridine rings is 1. The van der Waals surface area contributed by atoms with Crippen LogP contribution in [0.5, 0.6) is 0 Å². The van der Waals surface area contributed by atoms with E-state index in [9.17, 15) is 31.5 Å². The van der Waals surface area contributed by atoms with E-state index in [1.807, 2.05) is 0 Å². The van der Waals surface area contributed by atoms with Gasteiger partial charge in [-0.15, -0.1) is 0 Å². The molecular weight excluding hydrogens is 409 g/mol. The standard InChI is InChI=1S/C20H10F5N3O2/c21-10-6-4-9(5-7-10)12-14(22)16(24)18(17(25)15(12)23)26-19(29)13-11-3-1-2-8-28(11)27-20(13)30/h1-8H,(H,26,29)(H,27,30). The minimum absolute atomic E-state index is 0.0877. The smallest absolute Gasteiger partial charge is 0.277 e. The fourth-order valence-corrected chi connectivity index (χ4v) is 3.03. The highest BCUT2D eigenvalue weighted by Crippen LogP contribution is 2.34. The molecule has 0 aliphatic rings. The minimum atomic E-state index is -1.87. The largest absolute Gasteiger partial charge is 0.317 e. The Bertz CT molecular complexity index is 1330. The average molecular weight is 419 g/mol. The summed E-state index contributed by atoms with van der Waals surface area (Å²) in [5, 5.41) is 4.04. The molecule has 0 unspecified atom stereocenters. The Morgan fingerprint density at radius 2 is 1.50 bits per heavy atom. The Hall–Kier alpha value is -3.95. The lowest BCUT2D eigenvalue weighted by atomic mass is 10.0. The molecule has 0 saturated carbocycles. The lowest BCUT2D eigenvalue weighted by Crippen LogP contribution is -2.22. The van der Waals surface area contributed by atoms with Gasteiger partial charge in [-0.25, -0.2) is 22.0 Å². The van der Waals surface area contributed by atoms with Gasteiger partial charge in [0.2, 0.25) is 0 Å². The molecule has 2 heterocycles. The van der Waals surface area contributed by atoms with Crippen LogP contribution in [0.4, 0.5) is 27.6 Å². The number of aromatic amines is 1. The van der Waals surface area contributed by atoms with Crippen molar-refractivity contribution in [2.24, 2.45) is 0 Å². The maximum atomic E-state index is 14.5. The Morgan fingerprint density at radius 1 is 0.867 bits per heavy atom. The van der Waals surface area contributed by atoms with Gasteiger partial charge in [-0.1, -0.05) is 18.2 Å². The van der Waals surface area contributed by atoms with Crippen LogP contribution >= 0.6 is 0 Å². The average Bonchev–Trinajstić information content (AvgIpc) is 3.07. The first kappa shape index (κ1) is 19.4. The molecule has 0 spiro atoms. The summed E-state index contributed by atoms with van der Waals surface area (Å²) >= 11 is 0. The molecule has 1 amide bonds. The second-order valence-electron chi connectivity index (χ2n) is 6.24. The van der Waals surface area contributed by atoms with E-state index in [1.54, 1.807) is 11.4 Å². The monoisotopic (exact) mass is 419 g/mol. The molecule has 0 aliphatic carbocycles. The van der Waals surface area contributed by atoms with Gasteiger partial charge in [0.05, 0.1) is 11.1 Å². The molecule has 0 bridgehead atoms. The number of anilines is 1. The lowest BCUT2D eigenvalue weighted by molar-refractivity contribution is 0.102. The fourth-order valence-electron chi connectivity index (χ4n) is 3.03. The van der Waals surface area contributed by atoms with Crippen molar-refractivity contribution in [3.05, 3.63) is 93.7 Å². The third-order valence-corrected chi connectivity index (χ3v) is 4.43. The molecule has 0 saturated heterocycles. The van der Waals surface area contributed by atoms with Crippen molar-refractivity contribution in [3.8, 4) is 11.1 Å². The van der Waals surface area contributed by atoms with Crippen molar-refractivity contribution in [1.29, 1.82) is 0 Å². The summed E-state index contributed by atoms with van der Waals surface area (Å²) < 4.78 is 72.3. The lowest BCUT2D eigenvalue weighted by Gasteiger charge is -2.13. The highest BCUT2D eigenvalue weighted by molar-refractivity contribution is 6.08. The van der Waals surface area contributed by atoms with Crippen LogP contribution in [0.1, 0.15) is 10.4 Å². The van der Waals surface area contributed by atoms with Gasteiger partial charge >= 0.3 is 0 Å². The van der Waals surface area contributed by atoms with Crippen LogP contribution in [0.2, 0.25) is 0 Å². The van der Waals surface area contributed by atoms with Gasteiger partial charge < -0.3 is 5.32 Å². The zero-order valence-corrected chi connectivity index (χ0v) is 14.8. The predicted octanol–water partition coefficient (Wildman–Crippen LogP) is 4.24. The normalized spacial score (nSPS) is 11.1. The summed E-state index contributed by atoms with van der Waals surface area (Å²) in [6.07, 6.45) is 1.42. The number of H-pyrrole nitrogens is 1. The topological polar surface area (TPSA) is 66.4 Å². The van der Waals surface area contributed by atoms with Crippen molar-refractivity contribution < 1.29 is 26.7 Å². The molecule has 2 aromatic heterocycles. The quantitative estimate of drug-likeness (QED) is 0.385. The summed E-state index contributed by atoms with van der Waals surface area (Å²) in [6.45, 7) is 0. The highest BCUT2D eigenvalue weighted by Gasteiger charge is 2.28. The number of rotatable bonds is 3. The molecule has 0 fully saturated rings. The third-order valence-electron chi connectivity index (χ3n) is 4.43. The number of aromatic nitrogens is 2. The molecule has 30 heavy (non-hydrogen) atoms. The van der Waals surface area contributed by atoms with Gasteiger partial charge in [0.1, 0.15) is 17.1 Å². The summed E-state index contributed by atoms with van der Waals surface area (Å²) in [5.74, 6) is -9.30. The molecule has 2 N–H and O–H groups in total. The van der Waals surface area contributed by atoms with Crippen LogP contribution in [-0.2, 0) is 0 Å². The number of carbonyl (C=O) groups is 1. The Balaban J connectivity index is 1.80. The Kier molecular flexibility index (Phi) is 4.61. The molecule has 0 atom stereocenters. The van der Waals surface area contributed by atoms with Crippen molar-refractivity contribution >= 4 is 17.1 Å². The zero-order chi connectivity index (χ0) is 21.6. The van der Waals surface area contributed by atoms with E-state index < -0.39 is 57.4 Å². The number of amides is 1. The molecule has 0 radical (unpaired) electrons. The molecule has 0 aliphatic heterocycles. The Morgan fingerprint density at radius 3 is 2.13 bits per heavy atom. The van der Waals surface area contributed by atoms with Crippen molar-refractivity contribution in [1.82, 2.24) is 9.61 Å². The van der Waals surface area contributed by atoms with E-state index in [2.05, 4.69) is 5.10 Å². The minimum Gasteiger partial charge on any atom is -0.317 e. The summed E-state index contributed by atoms with van der Waals surface area (Å²) in [7, 11) is 0. The molecule has 5 nitrogen and oxygen atoms in total. The maximum Gasteiger partial charge on any atom is 0.277 e. The van der Waals surface area contributed by atoms with Crippen molar-refractivity contribution in [2.45, 2.75) is 0 Å². The second kappa shape index (κ2) is 7.14. The van der Waals surface area contributed by atoms with Crippen LogP contribution in [0.3, 0.4) is 0 Å². The maximum absolute atomic E-state index is 14.5. The summed E-state index contributed by atoms with van der Waals surface area (Å²) in [4.78, 5) is 24.5. The van der Waals surface area contributed by atoms with E-state index in [0.29, 0.717) is 0 Å². The molecular formula is C20H10F5N3O2. The van der Waals surface area contributed by atoms with E-state index in [4.69, 9.17) is 0 Å². The van der Waals surface area contributed by atoms with Crippen LogP contribution in [-0.4, -0.2) is 15.5 Å². The van der Waals surface area contributed by atoms with Crippen molar-refractivity contribution in [2.75, 3.05) is 5.32 Å². The Labute approximate surface area is 164 Å². The second-order valence-corrected chi connectivity index (χ2v) is 6.24. The number of fused-ring (bicyclic) bond motifs is 1. The van der Waals surface area contributed by atoms with Crippen LogP contribution in [0, 0.1) is 29.1 Å². The van der Waals surface area contributed by atoms with Gasteiger partial charge in [-0.2, -0.15) is 0 Å². The number of hydrogen-bond acceptors (Lipinski definition) is 2. The molecule has 4 aromatic rings. The molecule has 4 rings (SSSR count). The molecule has 10 heteroatoms. The zero-order valence-electron chi connectivity index (χ0n) is 14.8. The van der Waals surface area contributed by atoms with Crippen molar-refractivity contribution in [3.63, 3.8) is 0 Å². The third kappa shape index (κ3) is 3.02. The van der Waals surface area contributed by atoms with Gasteiger partial charge in [0.15, 0.2) is 23.3 Å². The van der Waals surface area contributed by atoms with E-state index >= 15 is 0 Å². The van der Waals surface area contributed by atoms with Gasteiger partial charge in [-0.05, 0) is 29.8 Å². The number of nitrogens with one attached hydrogen (secondary N) is 2. The van der Waals surface area contributed by atoms with Crippen LogP contribution < -0.4 is 10.9 Å². The fraction of sp³-hybridized carbons (Fsp3) is 0. The number of benzene rings is 2. The van der Waals surface area contributed by atoms with E-state index in [1.165, 1.54) is 22.8 Å². The van der Waals surface area contributed by atoms with E-state index in [-0.39, 0.29) is 11.1 Å². The number of carbonyl (C=O) groups excluding carboxylic acids is 1. The van der Waals surface area contributed by atoms with Crippen LogP contribution in [0.15, 0.2) is 53.5 Å². The van der Waals surface area contributed by atoms with Gasteiger partial charge in [0, 0.05) is 6.20 Å². The first-order valence-corrected chi connectivity index (χ1v) is 8.42. The first-order valence-electron chi connectivity index (χ1n) is 8.42. The van der Waals surface area contributed by atoms with Gasteiger partial charge in [-0.3, -0.25) is 19.2 Å².